The molecule has 0 aliphatic carbocycles. The second-order valence-electron chi connectivity index (χ2n) is 6.57. The summed E-state index contributed by atoms with van der Waals surface area (Å²) in [6.45, 7) is 7.40. The van der Waals surface area contributed by atoms with Crippen molar-refractivity contribution in [3.05, 3.63) is 29.8 Å². The van der Waals surface area contributed by atoms with Gasteiger partial charge in [-0.2, -0.15) is 0 Å². The summed E-state index contributed by atoms with van der Waals surface area (Å²) < 4.78 is 5.06. The smallest absolute Gasteiger partial charge is 0.409 e. The van der Waals surface area contributed by atoms with Gasteiger partial charge in [0.2, 0.25) is 5.91 Å². The highest BCUT2D eigenvalue weighted by Gasteiger charge is 2.23. The fourth-order valence-corrected chi connectivity index (χ4v) is 3.04. The highest BCUT2D eigenvalue weighted by molar-refractivity contribution is 14.0. The van der Waals surface area contributed by atoms with Crippen LogP contribution in [0.15, 0.2) is 29.3 Å². The van der Waals surface area contributed by atoms with Crippen molar-refractivity contribution in [3.63, 3.8) is 0 Å². The number of hydrogen-bond donors (Lipinski definition) is 2. The van der Waals surface area contributed by atoms with Gasteiger partial charge in [0.25, 0.3) is 0 Å². The predicted octanol–water partition coefficient (Wildman–Crippen LogP) is 2.89. The minimum Gasteiger partial charge on any atom is -0.450 e. The number of piperazine rings is 1. The van der Waals surface area contributed by atoms with Crippen LogP contribution in [0.25, 0.3) is 0 Å². The minimum absolute atomic E-state index is 0. The maximum absolute atomic E-state index is 11.8. The molecule has 0 aromatic heterocycles. The Hall–Kier alpha value is -2.04. The number of rotatable bonds is 6. The third-order valence-corrected chi connectivity index (χ3v) is 4.46. The van der Waals surface area contributed by atoms with Crippen LogP contribution in [0.3, 0.4) is 0 Å². The summed E-state index contributed by atoms with van der Waals surface area (Å²) in [4.78, 5) is 31.8. The minimum atomic E-state index is -0.257. The molecule has 1 aliphatic heterocycles. The standard InChI is InChI=1S/C20H31N5O3.HI/c1-4-7-18(26)23-17-9-6-8-16(14-17)15-22-19(21-3)24-10-12-25(13-11-24)20(27)28-5-2;/h6,8-9,14H,4-5,7,10-13,15H2,1-3H3,(H,21,22)(H,23,26);1H. The van der Waals surface area contributed by atoms with Crippen LogP contribution in [0.2, 0.25) is 0 Å². The largest absolute Gasteiger partial charge is 0.450 e. The van der Waals surface area contributed by atoms with Gasteiger partial charge in [-0.05, 0) is 31.0 Å². The fraction of sp³-hybridized carbons (Fsp3) is 0.550. The molecule has 0 unspecified atom stereocenters. The zero-order chi connectivity index (χ0) is 20.4. The van der Waals surface area contributed by atoms with Gasteiger partial charge in [-0.1, -0.05) is 19.1 Å². The van der Waals surface area contributed by atoms with E-state index in [-0.39, 0.29) is 36.0 Å². The van der Waals surface area contributed by atoms with Gasteiger partial charge in [0.05, 0.1) is 6.61 Å². The number of ether oxygens (including phenoxy) is 1. The summed E-state index contributed by atoms with van der Waals surface area (Å²) in [7, 11) is 1.75. The van der Waals surface area contributed by atoms with Crippen LogP contribution in [-0.2, 0) is 16.1 Å². The third-order valence-electron chi connectivity index (χ3n) is 4.46. The average Bonchev–Trinajstić information content (AvgIpc) is 2.69. The molecule has 0 saturated carbocycles. The van der Waals surface area contributed by atoms with E-state index in [4.69, 9.17) is 4.74 Å². The van der Waals surface area contributed by atoms with Crippen molar-refractivity contribution in [2.24, 2.45) is 4.99 Å². The topological polar surface area (TPSA) is 86.3 Å². The second-order valence-corrected chi connectivity index (χ2v) is 6.57. The van der Waals surface area contributed by atoms with Crippen LogP contribution in [0.1, 0.15) is 32.3 Å². The molecule has 2 amide bonds. The SMILES string of the molecule is CCCC(=O)Nc1cccc(CNC(=NC)N2CCN(C(=O)OCC)CC2)c1.I. The molecule has 0 bridgehead atoms. The monoisotopic (exact) mass is 517 g/mol. The molecule has 0 spiro atoms. The number of hydrogen-bond acceptors (Lipinski definition) is 4. The molecule has 9 heteroatoms. The Labute approximate surface area is 190 Å². The molecule has 1 aliphatic rings. The van der Waals surface area contributed by atoms with E-state index < -0.39 is 0 Å². The second kappa shape index (κ2) is 13.2. The van der Waals surface area contributed by atoms with Gasteiger partial charge in [0.15, 0.2) is 5.96 Å². The van der Waals surface area contributed by atoms with Crippen LogP contribution in [0.5, 0.6) is 0 Å². The van der Waals surface area contributed by atoms with E-state index in [1.54, 1.807) is 11.9 Å². The van der Waals surface area contributed by atoms with E-state index in [0.717, 1.165) is 23.6 Å². The molecule has 1 saturated heterocycles. The average molecular weight is 517 g/mol. The normalized spacial score (nSPS) is 14.1. The fourth-order valence-electron chi connectivity index (χ4n) is 3.04. The Morgan fingerprint density at radius 2 is 1.83 bits per heavy atom. The number of nitrogens with one attached hydrogen (secondary N) is 2. The summed E-state index contributed by atoms with van der Waals surface area (Å²) in [5, 5.41) is 6.28. The van der Waals surface area contributed by atoms with Crippen LogP contribution in [-0.4, -0.2) is 67.6 Å². The predicted molar refractivity (Wildman–Crippen MR) is 126 cm³/mol. The van der Waals surface area contributed by atoms with Crippen LogP contribution < -0.4 is 10.6 Å². The van der Waals surface area contributed by atoms with E-state index in [9.17, 15) is 9.59 Å². The molecule has 1 fully saturated rings. The van der Waals surface area contributed by atoms with E-state index in [1.165, 1.54) is 0 Å². The highest BCUT2D eigenvalue weighted by Crippen LogP contribution is 2.12. The van der Waals surface area contributed by atoms with E-state index in [1.807, 2.05) is 38.1 Å². The van der Waals surface area contributed by atoms with Crippen molar-refractivity contribution in [2.75, 3.05) is 45.2 Å². The summed E-state index contributed by atoms with van der Waals surface area (Å²) in [6.07, 6.45) is 1.09. The molecular formula is C20H32IN5O3. The maximum Gasteiger partial charge on any atom is 0.409 e. The lowest BCUT2D eigenvalue weighted by atomic mass is 10.2. The van der Waals surface area contributed by atoms with Crippen molar-refractivity contribution in [1.82, 2.24) is 15.1 Å². The van der Waals surface area contributed by atoms with Crippen LogP contribution in [0.4, 0.5) is 10.5 Å². The Bertz CT molecular complexity index is 690. The van der Waals surface area contributed by atoms with Gasteiger partial charge < -0.3 is 25.2 Å². The highest BCUT2D eigenvalue weighted by atomic mass is 127. The molecule has 29 heavy (non-hydrogen) atoms. The lowest BCUT2D eigenvalue weighted by Gasteiger charge is -2.35. The first kappa shape index (κ1) is 25.0. The van der Waals surface area contributed by atoms with Crippen molar-refractivity contribution < 1.29 is 14.3 Å². The van der Waals surface area contributed by atoms with E-state index in [0.29, 0.717) is 45.8 Å². The Kier molecular flexibility index (Phi) is 11.4. The summed E-state index contributed by atoms with van der Waals surface area (Å²) >= 11 is 0. The summed E-state index contributed by atoms with van der Waals surface area (Å²) in [5.41, 5.74) is 1.86. The molecule has 1 heterocycles. The molecule has 0 atom stereocenters. The third kappa shape index (κ3) is 8.08. The number of aliphatic imine (C=N–C) groups is 1. The number of carbonyl (C=O) groups excluding carboxylic acids is 2. The molecule has 1 aromatic carbocycles. The number of halogens is 1. The number of anilines is 1. The van der Waals surface area contributed by atoms with Crippen molar-refractivity contribution in [1.29, 1.82) is 0 Å². The van der Waals surface area contributed by atoms with Gasteiger partial charge >= 0.3 is 6.09 Å². The van der Waals surface area contributed by atoms with Gasteiger partial charge in [-0.3, -0.25) is 9.79 Å². The first-order valence-electron chi connectivity index (χ1n) is 9.83. The number of amides is 2. The molecular weight excluding hydrogens is 485 g/mol. The zero-order valence-electron chi connectivity index (χ0n) is 17.4. The van der Waals surface area contributed by atoms with Crippen molar-refractivity contribution >= 4 is 47.6 Å². The Morgan fingerprint density at radius 3 is 2.45 bits per heavy atom. The van der Waals surface area contributed by atoms with E-state index in [2.05, 4.69) is 20.5 Å². The zero-order valence-corrected chi connectivity index (χ0v) is 19.8. The Morgan fingerprint density at radius 1 is 1.14 bits per heavy atom. The number of carbonyl (C=O) groups is 2. The summed E-state index contributed by atoms with van der Waals surface area (Å²) in [6, 6.07) is 7.79. The molecule has 162 valence electrons. The van der Waals surface area contributed by atoms with Gasteiger partial charge in [0.1, 0.15) is 0 Å². The molecule has 8 nitrogen and oxygen atoms in total. The lowest BCUT2D eigenvalue weighted by molar-refractivity contribution is -0.116. The van der Waals surface area contributed by atoms with Crippen molar-refractivity contribution in [2.45, 2.75) is 33.2 Å². The van der Waals surface area contributed by atoms with Crippen LogP contribution >= 0.6 is 24.0 Å². The van der Waals surface area contributed by atoms with Gasteiger partial charge in [-0.25, -0.2) is 4.79 Å². The van der Waals surface area contributed by atoms with E-state index >= 15 is 0 Å². The lowest BCUT2D eigenvalue weighted by Crippen LogP contribution is -2.53. The Balaban J connectivity index is 0.00000420. The molecule has 1 aromatic rings. The van der Waals surface area contributed by atoms with Crippen LogP contribution in [0, 0.1) is 0 Å². The number of benzene rings is 1. The number of nitrogens with zero attached hydrogens (tertiary/aromatic N) is 3. The first-order valence-corrected chi connectivity index (χ1v) is 9.83. The molecule has 2 rings (SSSR count). The van der Waals surface area contributed by atoms with Crippen molar-refractivity contribution in [3.8, 4) is 0 Å². The number of guanidine groups is 1. The van der Waals surface area contributed by atoms with Gasteiger partial charge in [0, 0.05) is 51.9 Å². The molecule has 0 radical (unpaired) electrons. The maximum atomic E-state index is 11.8. The molecule has 2 N–H and O–H groups in total. The quantitative estimate of drug-likeness (QED) is 0.345. The van der Waals surface area contributed by atoms with Gasteiger partial charge in [-0.15, -0.1) is 24.0 Å². The summed E-state index contributed by atoms with van der Waals surface area (Å²) in [5.74, 6) is 0.826. The first-order chi connectivity index (χ1) is 13.6.